The highest BCUT2D eigenvalue weighted by Gasteiger charge is 2.29. The maximum Gasteiger partial charge on any atom is 0.317 e. The first kappa shape index (κ1) is 22.7. The Kier molecular flexibility index (Phi) is 8.83. The highest BCUT2D eigenvalue weighted by Crippen LogP contribution is 2.24. The van der Waals surface area contributed by atoms with E-state index in [2.05, 4.69) is 10.2 Å². The number of carbonyl (C=O) groups is 2. The van der Waals surface area contributed by atoms with Gasteiger partial charge in [0.25, 0.3) is 0 Å². The number of rotatable bonds is 6. The van der Waals surface area contributed by atoms with Crippen molar-refractivity contribution in [1.29, 1.82) is 0 Å². The third kappa shape index (κ3) is 5.84. The molecule has 1 saturated heterocycles. The first-order chi connectivity index (χ1) is 11.8. The first-order valence-electron chi connectivity index (χ1n) is 8.51. The highest BCUT2D eigenvalue weighted by molar-refractivity contribution is 6.31. The van der Waals surface area contributed by atoms with Crippen molar-refractivity contribution in [2.45, 2.75) is 38.8 Å². The lowest BCUT2D eigenvalue weighted by atomic mass is 10.0. The van der Waals surface area contributed by atoms with Crippen molar-refractivity contribution in [2.24, 2.45) is 0 Å². The summed E-state index contributed by atoms with van der Waals surface area (Å²) in [5.41, 5.74) is 1.60. The zero-order valence-electron chi connectivity index (χ0n) is 15.4. The second kappa shape index (κ2) is 10.1. The molecule has 1 unspecified atom stereocenters. The van der Waals surface area contributed by atoms with Gasteiger partial charge in [0.2, 0.25) is 5.91 Å². The number of carboxylic acids is 1. The summed E-state index contributed by atoms with van der Waals surface area (Å²) in [6.45, 7) is 5.38. The van der Waals surface area contributed by atoms with E-state index in [1.807, 2.05) is 37.9 Å². The molecule has 6 nitrogen and oxygen atoms in total. The van der Waals surface area contributed by atoms with Crippen LogP contribution >= 0.6 is 24.0 Å². The van der Waals surface area contributed by atoms with E-state index >= 15 is 0 Å². The number of aliphatic carboxylic acids is 1. The lowest BCUT2D eigenvalue weighted by Gasteiger charge is -2.38. The summed E-state index contributed by atoms with van der Waals surface area (Å²) >= 11 is 6.10. The Bertz CT molecular complexity index is 634. The normalized spacial score (nSPS) is 16.8. The number of hydrogen-bond acceptors (Lipinski definition) is 4. The van der Waals surface area contributed by atoms with Crippen LogP contribution in [-0.2, 0) is 9.59 Å². The van der Waals surface area contributed by atoms with Crippen LogP contribution < -0.4 is 5.32 Å². The van der Waals surface area contributed by atoms with Crippen molar-refractivity contribution >= 4 is 41.6 Å². The monoisotopic (exact) mass is 403 g/mol. The van der Waals surface area contributed by atoms with Gasteiger partial charge in [-0.1, -0.05) is 17.7 Å². The summed E-state index contributed by atoms with van der Waals surface area (Å²) in [4.78, 5) is 27.4. The molecule has 2 rings (SSSR count). The number of hydrogen-bond donors (Lipinski definition) is 2. The van der Waals surface area contributed by atoms with Gasteiger partial charge in [-0.25, -0.2) is 0 Å². The fraction of sp³-hybridized carbons (Fsp3) is 0.556. The van der Waals surface area contributed by atoms with Gasteiger partial charge in [-0.05, 0) is 51.4 Å². The summed E-state index contributed by atoms with van der Waals surface area (Å²) in [6.07, 6.45) is 1.72. The van der Waals surface area contributed by atoms with E-state index in [4.69, 9.17) is 16.7 Å². The zero-order valence-corrected chi connectivity index (χ0v) is 16.9. The molecule has 8 heteroatoms. The average Bonchev–Trinajstić information content (AvgIpc) is 2.57. The third-order valence-corrected chi connectivity index (χ3v) is 5.37. The first-order valence-corrected chi connectivity index (χ1v) is 8.89. The second-order valence-electron chi connectivity index (χ2n) is 6.65. The molecule has 0 aromatic heterocycles. The molecule has 0 bridgehead atoms. The number of halogens is 2. The van der Waals surface area contributed by atoms with Crippen molar-refractivity contribution in [1.82, 2.24) is 9.80 Å². The van der Waals surface area contributed by atoms with E-state index in [0.29, 0.717) is 5.02 Å². The highest BCUT2D eigenvalue weighted by atomic mass is 35.5. The predicted octanol–water partition coefficient (Wildman–Crippen LogP) is 2.88. The van der Waals surface area contributed by atoms with Crippen molar-refractivity contribution in [2.75, 3.05) is 32.0 Å². The van der Waals surface area contributed by atoms with E-state index < -0.39 is 5.97 Å². The summed E-state index contributed by atoms with van der Waals surface area (Å²) in [5, 5.41) is 12.5. The van der Waals surface area contributed by atoms with Crippen molar-refractivity contribution in [3.05, 3.63) is 28.8 Å². The number of piperidine rings is 1. The summed E-state index contributed by atoms with van der Waals surface area (Å²) in [6, 6.07) is 5.47. The second-order valence-corrected chi connectivity index (χ2v) is 7.06. The molecule has 0 spiro atoms. The van der Waals surface area contributed by atoms with Gasteiger partial charge in [-0.2, -0.15) is 0 Å². The molecule has 1 amide bonds. The van der Waals surface area contributed by atoms with Gasteiger partial charge in [0.1, 0.15) is 0 Å². The Morgan fingerprint density at radius 2 is 2.00 bits per heavy atom. The SMILES string of the molecule is Cc1c(Cl)cccc1NC(=O)C(C)N1CCC(N(C)CC(=O)O)CC1.Cl. The van der Waals surface area contributed by atoms with Gasteiger partial charge in [0.05, 0.1) is 12.6 Å². The Hall–Kier alpha value is -1.34. The Morgan fingerprint density at radius 1 is 1.38 bits per heavy atom. The molecule has 1 aliphatic heterocycles. The fourth-order valence-electron chi connectivity index (χ4n) is 3.20. The molecular formula is C18H27Cl2N3O3. The number of amides is 1. The van der Waals surface area contributed by atoms with E-state index in [1.54, 1.807) is 6.07 Å². The molecule has 0 radical (unpaired) electrons. The van der Waals surface area contributed by atoms with Crippen LogP contribution in [0.5, 0.6) is 0 Å². The van der Waals surface area contributed by atoms with Crippen LogP contribution in [0.2, 0.25) is 5.02 Å². The zero-order chi connectivity index (χ0) is 18.6. The number of likely N-dealkylation sites (tertiary alicyclic amines) is 1. The molecular weight excluding hydrogens is 377 g/mol. The van der Waals surface area contributed by atoms with Crippen molar-refractivity contribution in [3.63, 3.8) is 0 Å². The number of likely N-dealkylation sites (N-methyl/N-ethyl adjacent to an activating group) is 1. The van der Waals surface area contributed by atoms with E-state index in [0.717, 1.165) is 37.2 Å². The number of benzene rings is 1. The largest absolute Gasteiger partial charge is 0.480 e. The van der Waals surface area contributed by atoms with Crippen molar-refractivity contribution in [3.8, 4) is 0 Å². The van der Waals surface area contributed by atoms with Crippen LogP contribution in [0.1, 0.15) is 25.3 Å². The van der Waals surface area contributed by atoms with E-state index in [-0.39, 0.29) is 36.9 Å². The lowest BCUT2D eigenvalue weighted by molar-refractivity contribution is -0.138. The van der Waals surface area contributed by atoms with Crippen LogP contribution in [0.4, 0.5) is 5.69 Å². The van der Waals surface area contributed by atoms with Crippen LogP contribution in [0, 0.1) is 6.92 Å². The Labute approximate surface area is 165 Å². The summed E-state index contributed by atoms with van der Waals surface area (Å²) in [7, 11) is 1.84. The van der Waals surface area contributed by atoms with Gasteiger partial charge < -0.3 is 10.4 Å². The number of carbonyl (C=O) groups excluding carboxylic acids is 1. The van der Waals surface area contributed by atoms with Gasteiger partial charge in [-0.15, -0.1) is 12.4 Å². The molecule has 0 aliphatic carbocycles. The third-order valence-electron chi connectivity index (χ3n) is 4.96. The van der Waals surface area contributed by atoms with E-state index in [1.165, 1.54) is 0 Å². The predicted molar refractivity (Wildman–Crippen MR) is 106 cm³/mol. The Morgan fingerprint density at radius 3 is 2.58 bits per heavy atom. The average molecular weight is 404 g/mol. The minimum atomic E-state index is -0.811. The maximum absolute atomic E-state index is 12.6. The number of nitrogens with one attached hydrogen (secondary N) is 1. The molecule has 1 atom stereocenters. The molecule has 1 fully saturated rings. The van der Waals surface area contributed by atoms with Crippen LogP contribution in [0.25, 0.3) is 0 Å². The van der Waals surface area contributed by atoms with Crippen LogP contribution in [0.3, 0.4) is 0 Å². The molecule has 1 aromatic rings. The molecule has 1 aliphatic rings. The fourth-order valence-corrected chi connectivity index (χ4v) is 3.38. The van der Waals surface area contributed by atoms with Crippen LogP contribution in [0.15, 0.2) is 18.2 Å². The molecule has 1 aromatic carbocycles. The topological polar surface area (TPSA) is 72.9 Å². The van der Waals surface area contributed by atoms with E-state index in [9.17, 15) is 9.59 Å². The number of carboxylic acid groups (broad SMARTS) is 1. The van der Waals surface area contributed by atoms with Gasteiger partial charge >= 0.3 is 5.97 Å². The minimum absolute atomic E-state index is 0. The standard InChI is InChI=1S/C18H26ClN3O3.ClH/c1-12-15(19)5-4-6-16(12)20-18(25)13(2)22-9-7-14(8-10-22)21(3)11-17(23)24;/h4-6,13-14H,7-11H2,1-3H3,(H,20,25)(H,23,24);1H. The summed E-state index contributed by atoms with van der Waals surface area (Å²) < 4.78 is 0. The maximum atomic E-state index is 12.6. The van der Waals surface area contributed by atoms with Gasteiger partial charge in [0.15, 0.2) is 0 Å². The molecule has 146 valence electrons. The smallest absolute Gasteiger partial charge is 0.317 e. The summed E-state index contributed by atoms with van der Waals surface area (Å²) in [5.74, 6) is -0.864. The van der Waals surface area contributed by atoms with Crippen molar-refractivity contribution < 1.29 is 14.7 Å². The number of nitrogens with zero attached hydrogens (tertiary/aromatic N) is 2. The molecule has 0 saturated carbocycles. The van der Waals surface area contributed by atoms with Gasteiger partial charge in [-0.3, -0.25) is 19.4 Å². The van der Waals surface area contributed by atoms with Crippen LogP contribution in [-0.4, -0.2) is 65.5 Å². The minimum Gasteiger partial charge on any atom is -0.480 e. The molecule has 2 N–H and O–H groups in total. The number of anilines is 1. The quantitative estimate of drug-likeness (QED) is 0.763. The molecule has 26 heavy (non-hydrogen) atoms. The van der Waals surface area contributed by atoms with Gasteiger partial charge in [0, 0.05) is 29.8 Å². The molecule has 1 heterocycles. The Balaban J connectivity index is 0.00000338. The lowest BCUT2D eigenvalue weighted by Crippen LogP contribution is -2.50.